The van der Waals surface area contributed by atoms with Gasteiger partial charge in [-0.05, 0) is 35.9 Å². The number of ketones is 1. The molecule has 2 heterocycles. The summed E-state index contributed by atoms with van der Waals surface area (Å²) in [7, 11) is 2.00. The summed E-state index contributed by atoms with van der Waals surface area (Å²) in [4.78, 5) is 18.0. The van der Waals surface area contributed by atoms with Crippen LogP contribution in [0.2, 0.25) is 0 Å². The normalized spacial score (nSPS) is 19.9. The number of aromatic nitrogens is 1. The molecule has 0 amide bonds. The SMILES string of the molecule is CN1C=CC=C/C1=C\C=C1/C=CC(=O)c2ncccc21.I. The first-order valence-corrected chi connectivity index (χ1v) is 6.43. The van der Waals surface area contributed by atoms with E-state index in [1.54, 1.807) is 12.3 Å². The second kappa shape index (κ2) is 6.67. The largest absolute Gasteiger partial charge is 0.351 e. The Hall–Kier alpha value is -1.95. The number of halogens is 1. The van der Waals surface area contributed by atoms with Crippen molar-refractivity contribution in [2.75, 3.05) is 7.05 Å². The lowest BCUT2D eigenvalue weighted by Crippen LogP contribution is -2.10. The molecule has 0 unspecified atom stereocenters. The maximum atomic E-state index is 11.8. The highest BCUT2D eigenvalue weighted by molar-refractivity contribution is 14.0. The molecule has 0 spiro atoms. The van der Waals surface area contributed by atoms with Gasteiger partial charge in [-0.1, -0.05) is 24.3 Å². The molecule has 0 radical (unpaired) electrons. The Morgan fingerprint density at radius 3 is 2.81 bits per heavy atom. The molecular formula is C17H15IN2O. The number of fused-ring (bicyclic) bond motifs is 1. The number of hydrogen-bond donors (Lipinski definition) is 0. The summed E-state index contributed by atoms with van der Waals surface area (Å²) in [6.45, 7) is 0. The average molecular weight is 390 g/mol. The van der Waals surface area contributed by atoms with E-state index in [9.17, 15) is 4.79 Å². The minimum Gasteiger partial charge on any atom is -0.351 e. The van der Waals surface area contributed by atoms with Crippen molar-refractivity contribution in [2.45, 2.75) is 0 Å². The van der Waals surface area contributed by atoms with Crippen LogP contribution in [0.25, 0.3) is 5.57 Å². The van der Waals surface area contributed by atoms with Gasteiger partial charge in [-0.2, -0.15) is 0 Å². The summed E-state index contributed by atoms with van der Waals surface area (Å²) < 4.78 is 0. The molecule has 1 aliphatic carbocycles. The van der Waals surface area contributed by atoms with E-state index in [1.807, 2.05) is 66.7 Å². The van der Waals surface area contributed by atoms with Gasteiger partial charge in [-0.25, -0.2) is 0 Å². The maximum absolute atomic E-state index is 11.8. The Labute approximate surface area is 141 Å². The number of likely N-dealkylation sites (N-methyl/N-ethyl adjacent to an activating group) is 1. The maximum Gasteiger partial charge on any atom is 0.204 e. The summed E-state index contributed by atoms with van der Waals surface area (Å²) in [5.74, 6) is -0.0389. The minimum absolute atomic E-state index is 0. The predicted octanol–water partition coefficient (Wildman–Crippen LogP) is 3.73. The van der Waals surface area contributed by atoms with Crippen LogP contribution in [-0.2, 0) is 0 Å². The van der Waals surface area contributed by atoms with Crippen molar-refractivity contribution in [1.82, 2.24) is 9.88 Å². The van der Waals surface area contributed by atoms with Crippen molar-refractivity contribution in [3.8, 4) is 0 Å². The van der Waals surface area contributed by atoms with Gasteiger partial charge in [0.1, 0.15) is 5.69 Å². The van der Waals surface area contributed by atoms with Gasteiger partial charge >= 0.3 is 0 Å². The van der Waals surface area contributed by atoms with Crippen molar-refractivity contribution in [3.63, 3.8) is 0 Å². The van der Waals surface area contributed by atoms with E-state index in [2.05, 4.69) is 4.98 Å². The van der Waals surface area contributed by atoms with Crippen LogP contribution in [0.1, 0.15) is 16.1 Å². The third-order valence-corrected chi connectivity index (χ3v) is 3.30. The number of pyridine rings is 1. The van der Waals surface area contributed by atoms with Crippen LogP contribution in [0.15, 0.2) is 72.8 Å². The molecule has 0 bridgehead atoms. The van der Waals surface area contributed by atoms with Gasteiger partial charge in [0, 0.05) is 30.7 Å². The highest BCUT2D eigenvalue weighted by Gasteiger charge is 2.16. The van der Waals surface area contributed by atoms with Crippen molar-refractivity contribution in [1.29, 1.82) is 0 Å². The molecule has 2 aliphatic rings. The molecular weight excluding hydrogens is 375 g/mol. The quantitative estimate of drug-likeness (QED) is 0.686. The van der Waals surface area contributed by atoms with E-state index in [4.69, 9.17) is 0 Å². The Morgan fingerprint density at radius 2 is 2.00 bits per heavy atom. The molecule has 3 nitrogen and oxygen atoms in total. The summed E-state index contributed by atoms with van der Waals surface area (Å²) in [5, 5.41) is 0. The van der Waals surface area contributed by atoms with Crippen LogP contribution < -0.4 is 0 Å². The fourth-order valence-corrected chi connectivity index (χ4v) is 2.20. The lowest BCUT2D eigenvalue weighted by Gasteiger charge is -2.17. The fourth-order valence-electron chi connectivity index (χ4n) is 2.20. The third kappa shape index (κ3) is 3.21. The minimum atomic E-state index is -0.0389. The lowest BCUT2D eigenvalue weighted by atomic mass is 9.95. The molecule has 4 heteroatoms. The van der Waals surface area contributed by atoms with Crippen molar-refractivity contribution < 1.29 is 4.79 Å². The van der Waals surface area contributed by atoms with E-state index in [0.29, 0.717) is 5.69 Å². The first-order valence-electron chi connectivity index (χ1n) is 6.43. The van der Waals surface area contributed by atoms with E-state index in [0.717, 1.165) is 16.8 Å². The van der Waals surface area contributed by atoms with Crippen molar-refractivity contribution in [3.05, 3.63) is 84.0 Å². The Kier molecular flexibility index (Phi) is 4.90. The zero-order valence-electron chi connectivity index (χ0n) is 11.6. The number of allylic oxidation sites excluding steroid dienone is 8. The van der Waals surface area contributed by atoms with Gasteiger partial charge in [0.05, 0.1) is 0 Å². The zero-order valence-corrected chi connectivity index (χ0v) is 13.9. The average Bonchev–Trinajstić information content (AvgIpc) is 2.48. The second-order valence-corrected chi connectivity index (χ2v) is 4.62. The predicted molar refractivity (Wildman–Crippen MR) is 95.2 cm³/mol. The molecule has 0 atom stereocenters. The summed E-state index contributed by atoms with van der Waals surface area (Å²) in [6.07, 6.45) is 17.1. The Bertz CT molecular complexity index is 711. The molecule has 1 aromatic heterocycles. The first kappa shape index (κ1) is 15.4. The number of nitrogens with zero attached hydrogens (tertiary/aromatic N) is 2. The molecule has 3 rings (SSSR count). The van der Waals surface area contributed by atoms with Crippen molar-refractivity contribution >= 4 is 35.3 Å². The molecule has 1 aliphatic heterocycles. The van der Waals surface area contributed by atoms with E-state index in [-0.39, 0.29) is 29.8 Å². The molecule has 0 N–H and O–H groups in total. The fraction of sp³-hybridized carbons (Fsp3) is 0.0588. The second-order valence-electron chi connectivity index (χ2n) is 4.62. The van der Waals surface area contributed by atoms with Crippen LogP contribution in [0.4, 0.5) is 0 Å². The molecule has 0 aromatic carbocycles. The number of hydrogen-bond acceptors (Lipinski definition) is 3. The van der Waals surface area contributed by atoms with Crippen LogP contribution in [-0.4, -0.2) is 22.7 Å². The Balaban J connectivity index is 0.00000161. The van der Waals surface area contributed by atoms with Gasteiger partial charge in [0.15, 0.2) is 0 Å². The monoisotopic (exact) mass is 390 g/mol. The number of rotatable bonds is 1. The van der Waals surface area contributed by atoms with E-state index in [1.165, 1.54) is 0 Å². The number of carbonyl (C=O) groups excluding carboxylic acids is 1. The van der Waals surface area contributed by atoms with Crippen LogP contribution in [0.3, 0.4) is 0 Å². The number of carbonyl (C=O) groups is 1. The lowest BCUT2D eigenvalue weighted by molar-refractivity contribution is 0.104. The summed E-state index contributed by atoms with van der Waals surface area (Å²) >= 11 is 0. The molecule has 106 valence electrons. The van der Waals surface area contributed by atoms with Gasteiger partial charge in [0.2, 0.25) is 5.78 Å². The third-order valence-electron chi connectivity index (χ3n) is 3.30. The molecule has 1 aromatic rings. The van der Waals surface area contributed by atoms with Crippen LogP contribution in [0.5, 0.6) is 0 Å². The molecule has 0 saturated carbocycles. The summed E-state index contributed by atoms with van der Waals surface area (Å²) in [6, 6.07) is 3.77. The van der Waals surface area contributed by atoms with Gasteiger partial charge in [-0.3, -0.25) is 9.78 Å². The van der Waals surface area contributed by atoms with Crippen LogP contribution in [0, 0.1) is 0 Å². The van der Waals surface area contributed by atoms with Crippen LogP contribution >= 0.6 is 24.0 Å². The van der Waals surface area contributed by atoms with Gasteiger partial charge in [-0.15, -0.1) is 24.0 Å². The smallest absolute Gasteiger partial charge is 0.204 e. The Morgan fingerprint density at radius 1 is 1.14 bits per heavy atom. The van der Waals surface area contributed by atoms with Gasteiger partial charge in [0.25, 0.3) is 0 Å². The zero-order chi connectivity index (χ0) is 13.9. The van der Waals surface area contributed by atoms with Crippen molar-refractivity contribution in [2.24, 2.45) is 0 Å². The summed E-state index contributed by atoms with van der Waals surface area (Å²) in [5.41, 5.74) is 3.49. The van der Waals surface area contributed by atoms with E-state index >= 15 is 0 Å². The molecule has 0 fully saturated rings. The van der Waals surface area contributed by atoms with Gasteiger partial charge < -0.3 is 4.90 Å². The van der Waals surface area contributed by atoms with E-state index < -0.39 is 0 Å². The highest BCUT2D eigenvalue weighted by atomic mass is 127. The highest BCUT2D eigenvalue weighted by Crippen LogP contribution is 2.24. The topological polar surface area (TPSA) is 33.2 Å². The first-order chi connectivity index (χ1) is 9.75. The molecule has 0 saturated heterocycles. The standard InChI is InChI=1S/C17H14N2O.HI/c1-19-12-3-2-5-14(19)9-7-13-8-10-16(20)17-15(13)6-4-11-18-17;/h2-12H,1H3;1H/b13-7+,14-9+;. The molecule has 21 heavy (non-hydrogen) atoms.